The van der Waals surface area contributed by atoms with E-state index in [9.17, 15) is 0 Å². The van der Waals surface area contributed by atoms with Crippen molar-refractivity contribution in [1.82, 2.24) is 0 Å². The molecule has 142 valence electrons. The van der Waals surface area contributed by atoms with E-state index in [-0.39, 0.29) is 42.6 Å². The summed E-state index contributed by atoms with van der Waals surface area (Å²) < 4.78 is 1.48. The molecule has 0 amide bonds. The maximum absolute atomic E-state index is 2.42. The third-order valence-electron chi connectivity index (χ3n) is 5.29. The molecule has 2 aromatic rings. The first-order valence-electron chi connectivity index (χ1n) is 8.93. The predicted molar refractivity (Wildman–Crippen MR) is 98.6 cm³/mol. The monoisotopic (exact) mass is 454 g/mol. The van der Waals surface area contributed by atoms with Crippen LogP contribution < -0.4 is 37.2 Å². The quantitative estimate of drug-likeness (QED) is 0.417. The average molecular weight is 456 g/mol. The van der Waals surface area contributed by atoms with Crippen LogP contribution in [0.5, 0.6) is 0 Å². The molecular formula is C23H25Cl3Ti. The van der Waals surface area contributed by atoms with E-state index in [0.717, 1.165) is 6.42 Å². The molecule has 0 saturated carbocycles. The third-order valence-corrected chi connectivity index (χ3v) is 6.08. The Morgan fingerprint density at radius 1 is 0.852 bits per heavy atom. The molecule has 1 aliphatic rings. The van der Waals surface area contributed by atoms with Gasteiger partial charge in [0.15, 0.2) is 0 Å². The van der Waals surface area contributed by atoms with Crippen molar-refractivity contribution >= 4 is 0 Å². The van der Waals surface area contributed by atoms with Crippen LogP contribution in [-0.2, 0) is 25.9 Å². The Balaban J connectivity index is 0.00000225. The number of benzene rings is 2. The van der Waals surface area contributed by atoms with Gasteiger partial charge in [-0.25, -0.2) is 0 Å². The maximum Gasteiger partial charge on any atom is -1.00 e. The van der Waals surface area contributed by atoms with E-state index in [2.05, 4.69) is 101 Å². The third kappa shape index (κ3) is 5.52. The van der Waals surface area contributed by atoms with Gasteiger partial charge in [-0.3, -0.25) is 0 Å². The first kappa shape index (κ1) is 26.5. The van der Waals surface area contributed by atoms with E-state index < -0.39 is 0 Å². The normalized spacial score (nSPS) is 13.3. The molecule has 0 atom stereocenters. The Hall–Kier alpha value is -0.496. The molecule has 0 spiro atoms. The summed E-state index contributed by atoms with van der Waals surface area (Å²) in [4.78, 5) is 0. The second kappa shape index (κ2) is 12.1. The summed E-state index contributed by atoms with van der Waals surface area (Å²) in [5, 5.41) is 0. The first-order chi connectivity index (χ1) is 11.7. The zero-order chi connectivity index (χ0) is 17.0. The second-order valence-corrected chi connectivity index (χ2v) is 7.58. The summed E-state index contributed by atoms with van der Waals surface area (Å²) in [7, 11) is 0. The Morgan fingerprint density at radius 3 is 1.78 bits per heavy atom. The van der Waals surface area contributed by atoms with Crippen molar-refractivity contribution in [2.75, 3.05) is 0 Å². The molecule has 0 bridgehead atoms. The predicted octanol–water partition coefficient (Wildman–Crippen LogP) is -2.67. The zero-order valence-corrected chi connectivity index (χ0v) is 19.6. The number of halogens is 3. The van der Waals surface area contributed by atoms with Gasteiger partial charge in [0.2, 0.25) is 0 Å². The van der Waals surface area contributed by atoms with Crippen molar-refractivity contribution in [2.45, 2.75) is 44.9 Å². The first-order valence-corrected chi connectivity index (χ1v) is 9.71. The summed E-state index contributed by atoms with van der Waals surface area (Å²) in [5.74, 6) is 0. The van der Waals surface area contributed by atoms with E-state index in [1.165, 1.54) is 34.3 Å². The molecule has 0 aliphatic heterocycles. The molecular weight excluding hydrogens is 430 g/mol. The summed E-state index contributed by atoms with van der Waals surface area (Å²) in [5.41, 5.74) is 5.91. The minimum absolute atomic E-state index is 0. The molecule has 2 aromatic carbocycles. The van der Waals surface area contributed by atoms with Gasteiger partial charge in [-0.2, -0.15) is 0 Å². The number of allylic oxidation sites excluding steroid dienone is 4. The minimum Gasteiger partial charge on any atom is -1.00 e. The Bertz CT molecular complexity index is 712. The van der Waals surface area contributed by atoms with Crippen LogP contribution in [0, 0.1) is 0 Å². The van der Waals surface area contributed by atoms with Gasteiger partial charge in [0.1, 0.15) is 0 Å². The van der Waals surface area contributed by atoms with Crippen LogP contribution in [0.4, 0.5) is 0 Å². The van der Waals surface area contributed by atoms with E-state index in [1.54, 1.807) is 11.1 Å². The molecule has 0 N–H and O–H groups in total. The fraction of sp³-hybridized carbons (Fsp3) is 0.304. The van der Waals surface area contributed by atoms with Crippen LogP contribution in [0.2, 0.25) is 0 Å². The largest absolute Gasteiger partial charge is 1.00 e. The van der Waals surface area contributed by atoms with Crippen molar-refractivity contribution in [3.05, 3.63) is 92.9 Å². The molecule has 3 rings (SSSR count). The molecule has 0 heterocycles. The summed E-state index contributed by atoms with van der Waals surface area (Å²) in [6.07, 6.45) is 7.21. The van der Waals surface area contributed by atoms with E-state index >= 15 is 0 Å². The molecule has 0 radical (unpaired) electrons. The second-order valence-electron chi connectivity index (χ2n) is 6.74. The van der Waals surface area contributed by atoms with Crippen LogP contribution in [0.15, 0.2) is 81.8 Å². The molecule has 0 saturated heterocycles. The fourth-order valence-electron chi connectivity index (χ4n) is 3.82. The molecule has 0 unspecified atom stereocenters. The van der Waals surface area contributed by atoms with E-state index in [4.69, 9.17) is 0 Å². The number of rotatable bonds is 6. The van der Waals surface area contributed by atoms with Gasteiger partial charge in [-0.15, -0.1) is 0 Å². The molecule has 0 aromatic heterocycles. The molecule has 0 fully saturated rings. The van der Waals surface area contributed by atoms with Crippen LogP contribution in [-0.4, -0.2) is 0 Å². The van der Waals surface area contributed by atoms with Crippen LogP contribution >= 0.6 is 0 Å². The van der Waals surface area contributed by atoms with Crippen LogP contribution in [0.25, 0.3) is 0 Å². The van der Waals surface area contributed by atoms with Crippen molar-refractivity contribution < 1.29 is 57.7 Å². The van der Waals surface area contributed by atoms with E-state index in [1.807, 2.05) is 0 Å². The van der Waals surface area contributed by atoms with E-state index in [0.29, 0.717) is 0 Å². The molecule has 27 heavy (non-hydrogen) atoms. The Labute approximate surface area is 194 Å². The SMILES string of the molecule is CCCCC1=C(C(C)(c2ccccc2)c2ccccc2)CC=[C]1[Ti+3].[Cl-].[Cl-].[Cl-]. The summed E-state index contributed by atoms with van der Waals surface area (Å²) in [6.45, 7) is 4.69. The van der Waals surface area contributed by atoms with Gasteiger partial charge in [-0.1, -0.05) is 0 Å². The Morgan fingerprint density at radius 2 is 1.33 bits per heavy atom. The molecule has 1 aliphatic carbocycles. The van der Waals surface area contributed by atoms with Gasteiger partial charge in [0.25, 0.3) is 0 Å². The van der Waals surface area contributed by atoms with Crippen molar-refractivity contribution in [2.24, 2.45) is 0 Å². The number of unbranched alkanes of at least 4 members (excludes halogenated alkanes) is 1. The molecule has 0 nitrogen and oxygen atoms in total. The van der Waals surface area contributed by atoms with Crippen LogP contribution in [0.3, 0.4) is 0 Å². The van der Waals surface area contributed by atoms with Crippen LogP contribution in [0.1, 0.15) is 50.7 Å². The fourth-order valence-corrected chi connectivity index (χ4v) is 4.41. The minimum atomic E-state index is -0.0557. The van der Waals surface area contributed by atoms with Crippen molar-refractivity contribution in [3.8, 4) is 0 Å². The topological polar surface area (TPSA) is 0 Å². The summed E-state index contributed by atoms with van der Waals surface area (Å²) >= 11 is 2.29. The van der Waals surface area contributed by atoms with Gasteiger partial charge < -0.3 is 37.2 Å². The average Bonchev–Trinajstić information content (AvgIpc) is 3.01. The molecule has 4 heteroatoms. The Kier molecular flexibility index (Phi) is 11.9. The van der Waals surface area contributed by atoms with Crippen molar-refractivity contribution in [3.63, 3.8) is 0 Å². The zero-order valence-electron chi connectivity index (χ0n) is 15.8. The standard InChI is InChI=1S/C23H25.3ClH.Ti/c1-3-4-12-19-13-11-18-22(19)23(2,20-14-7-5-8-15-20)21-16-9-6-10-17-21;;;;/h5-11,14-17H,3-4,12,18H2,1-2H3;3*1H;/q;;;;+3/p-3. The van der Waals surface area contributed by atoms with Gasteiger partial charge >= 0.3 is 158 Å². The van der Waals surface area contributed by atoms with Gasteiger partial charge in [-0.05, 0) is 0 Å². The summed E-state index contributed by atoms with van der Waals surface area (Å²) in [6, 6.07) is 22.0. The van der Waals surface area contributed by atoms with Gasteiger partial charge in [0, 0.05) is 0 Å². The number of hydrogen-bond acceptors (Lipinski definition) is 0. The smallest absolute Gasteiger partial charge is 1.00 e. The van der Waals surface area contributed by atoms with Gasteiger partial charge in [0.05, 0.1) is 0 Å². The maximum atomic E-state index is 2.42. The van der Waals surface area contributed by atoms with Crippen molar-refractivity contribution in [1.29, 1.82) is 0 Å². The number of hydrogen-bond donors (Lipinski definition) is 0.